The Labute approximate surface area is 70.8 Å². The maximum Gasteiger partial charge on any atom is 0.0345 e. The van der Waals surface area contributed by atoms with Crippen LogP contribution < -0.4 is 0 Å². The minimum Gasteiger partial charge on any atom is -0.144 e. The Balaban J connectivity index is 2.64. The van der Waals surface area contributed by atoms with E-state index in [2.05, 4.69) is 43.0 Å². The van der Waals surface area contributed by atoms with Crippen molar-refractivity contribution >= 4 is 11.3 Å². The molecule has 2 aliphatic rings. The average Bonchev–Trinajstić information content (AvgIpc) is 2.47. The van der Waals surface area contributed by atoms with E-state index >= 15 is 0 Å². The summed E-state index contributed by atoms with van der Waals surface area (Å²) in [5.41, 5.74) is 2.72. The molecule has 11 heavy (non-hydrogen) atoms. The zero-order chi connectivity index (χ0) is 7.68. The van der Waals surface area contributed by atoms with E-state index in [1.807, 2.05) is 0 Å². The van der Waals surface area contributed by atoms with Gasteiger partial charge in [0.2, 0.25) is 0 Å². The predicted octanol–water partition coefficient (Wildman–Crippen LogP) is 3.43. The van der Waals surface area contributed by atoms with Crippen LogP contribution in [0.4, 0.5) is 0 Å². The standard InChI is InChI=1S/C10H9S/c1-2-8-5-6-10-9(8)4-3-7-11-10/h2-7H,1H3. The summed E-state index contributed by atoms with van der Waals surface area (Å²) in [5.74, 6) is 0. The quantitative estimate of drug-likeness (QED) is 0.601. The largest absolute Gasteiger partial charge is 0.144 e. The molecule has 0 N–H and O–H groups in total. The molecule has 55 valence electrons. The van der Waals surface area contributed by atoms with Gasteiger partial charge in [0, 0.05) is 4.88 Å². The predicted molar refractivity (Wildman–Crippen MR) is 50.0 cm³/mol. The van der Waals surface area contributed by atoms with E-state index in [1.165, 1.54) is 16.0 Å². The smallest absolute Gasteiger partial charge is 0.0345 e. The first kappa shape index (κ1) is 6.86. The molecule has 1 aliphatic carbocycles. The molecule has 0 aromatic carbocycles. The van der Waals surface area contributed by atoms with Gasteiger partial charge in [0.1, 0.15) is 0 Å². The van der Waals surface area contributed by atoms with Gasteiger partial charge in [0.25, 0.3) is 0 Å². The van der Waals surface area contributed by atoms with Crippen molar-refractivity contribution in [2.24, 2.45) is 0 Å². The summed E-state index contributed by atoms with van der Waals surface area (Å²) in [6.45, 7) is 2.08. The Kier molecular flexibility index (Phi) is 1.66. The summed E-state index contributed by atoms with van der Waals surface area (Å²) >= 11 is 1.79. The van der Waals surface area contributed by atoms with Crippen molar-refractivity contribution < 1.29 is 0 Å². The Bertz CT molecular complexity index is 322. The van der Waals surface area contributed by atoms with Crippen molar-refractivity contribution in [3.8, 4) is 10.4 Å². The van der Waals surface area contributed by atoms with E-state index in [4.69, 9.17) is 0 Å². The summed E-state index contributed by atoms with van der Waals surface area (Å²) < 4.78 is 0. The molecular weight excluding hydrogens is 152 g/mol. The molecule has 0 fully saturated rings. The molecule has 1 radical (unpaired) electrons. The molecule has 0 aromatic heterocycles. The molecule has 1 heterocycles. The Morgan fingerprint density at radius 3 is 3.00 bits per heavy atom. The van der Waals surface area contributed by atoms with Crippen molar-refractivity contribution in [1.82, 2.24) is 0 Å². The van der Waals surface area contributed by atoms with Crippen molar-refractivity contribution in [3.05, 3.63) is 41.6 Å². The highest BCUT2D eigenvalue weighted by atomic mass is 32.1. The summed E-state index contributed by atoms with van der Waals surface area (Å²) in [4.78, 5) is 1.38. The van der Waals surface area contributed by atoms with Crippen molar-refractivity contribution in [3.63, 3.8) is 0 Å². The van der Waals surface area contributed by atoms with E-state index < -0.39 is 0 Å². The lowest BCUT2D eigenvalue weighted by Gasteiger charge is -1.98. The minimum absolute atomic E-state index is 1.34. The zero-order valence-corrected chi connectivity index (χ0v) is 7.19. The SMILES string of the molecule is C[CH]c1ccc2scccc1-2. The van der Waals surface area contributed by atoms with Crippen LogP contribution in [0.1, 0.15) is 12.5 Å². The highest BCUT2D eigenvalue weighted by Gasteiger charge is 2.05. The molecule has 2 rings (SSSR count). The van der Waals surface area contributed by atoms with Gasteiger partial charge in [-0.1, -0.05) is 25.1 Å². The highest BCUT2D eigenvalue weighted by molar-refractivity contribution is 7.13. The Morgan fingerprint density at radius 1 is 1.27 bits per heavy atom. The third-order valence-corrected chi connectivity index (χ3v) is 2.74. The second-order valence-corrected chi connectivity index (χ2v) is 3.42. The van der Waals surface area contributed by atoms with Gasteiger partial charge in [-0.15, -0.1) is 11.3 Å². The molecule has 0 saturated carbocycles. The number of rotatable bonds is 1. The maximum atomic E-state index is 2.18. The van der Waals surface area contributed by atoms with E-state index in [0.717, 1.165) is 0 Å². The highest BCUT2D eigenvalue weighted by Crippen LogP contribution is 2.31. The lowest BCUT2D eigenvalue weighted by Crippen LogP contribution is -1.74. The summed E-state index contributed by atoms with van der Waals surface area (Å²) in [6.07, 6.45) is 2.15. The Morgan fingerprint density at radius 2 is 2.18 bits per heavy atom. The van der Waals surface area contributed by atoms with Crippen LogP contribution in [0.2, 0.25) is 0 Å². The molecular formula is C10H9S. The topological polar surface area (TPSA) is 0 Å². The van der Waals surface area contributed by atoms with E-state index in [0.29, 0.717) is 0 Å². The minimum atomic E-state index is 1.34. The summed E-state index contributed by atoms with van der Waals surface area (Å²) in [5, 5.41) is 2.11. The molecule has 1 aliphatic heterocycles. The lowest BCUT2D eigenvalue weighted by atomic mass is 10.1. The first-order valence-corrected chi connectivity index (χ1v) is 4.55. The van der Waals surface area contributed by atoms with Gasteiger partial charge in [-0.2, -0.15) is 0 Å². The van der Waals surface area contributed by atoms with Gasteiger partial charge >= 0.3 is 0 Å². The molecule has 0 bridgehead atoms. The summed E-state index contributed by atoms with van der Waals surface area (Å²) in [7, 11) is 0. The van der Waals surface area contributed by atoms with Crippen LogP contribution in [0.5, 0.6) is 0 Å². The van der Waals surface area contributed by atoms with Crippen LogP contribution in [0.25, 0.3) is 10.4 Å². The fraction of sp³-hybridized carbons (Fsp3) is 0.100. The van der Waals surface area contributed by atoms with Crippen LogP contribution in [-0.4, -0.2) is 0 Å². The van der Waals surface area contributed by atoms with E-state index in [-0.39, 0.29) is 0 Å². The van der Waals surface area contributed by atoms with Crippen LogP contribution in [0.3, 0.4) is 0 Å². The third-order valence-electron chi connectivity index (χ3n) is 1.84. The molecule has 0 aromatic rings. The first-order valence-electron chi connectivity index (χ1n) is 3.67. The molecule has 0 spiro atoms. The van der Waals surface area contributed by atoms with Gasteiger partial charge in [-0.3, -0.25) is 0 Å². The first-order chi connectivity index (χ1) is 5.42. The normalized spacial score (nSPS) is 10.6. The number of hydrogen-bond acceptors (Lipinski definition) is 1. The van der Waals surface area contributed by atoms with Gasteiger partial charge < -0.3 is 0 Å². The van der Waals surface area contributed by atoms with Gasteiger partial charge in [0.15, 0.2) is 0 Å². The molecule has 0 unspecified atom stereocenters. The molecule has 0 amide bonds. The van der Waals surface area contributed by atoms with Crippen LogP contribution in [-0.2, 0) is 0 Å². The maximum absolute atomic E-state index is 2.18. The van der Waals surface area contributed by atoms with Crippen LogP contribution >= 0.6 is 11.3 Å². The molecule has 0 nitrogen and oxygen atoms in total. The van der Waals surface area contributed by atoms with Crippen molar-refractivity contribution in [2.75, 3.05) is 0 Å². The third kappa shape index (κ3) is 1.05. The van der Waals surface area contributed by atoms with E-state index in [9.17, 15) is 0 Å². The monoisotopic (exact) mass is 161 g/mol. The fourth-order valence-electron chi connectivity index (χ4n) is 1.27. The molecule has 0 atom stereocenters. The fourth-order valence-corrected chi connectivity index (χ4v) is 2.03. The van der Waals surface area contributed by atoms with Crippen molar-refractivity contribution in [2.45, 2.75) is 6.92 Å². The van der Waals surface area contributed by atoms with Crippen molar-refractivity contribution in [1.29, 1.82) is 0 Å². The van der Waals surface area contributed by atoms with Gasteiger partial charge in [-0.25, -0.2) is 0 Å². The van der Waals surface area contributed by atoms with Gasteiger partial charge in [0.05, 0.1) is 0 Å². The Hall–Kier alpha value is -0.820. The average molecular weight is 161 g/mol. The van der Waals surface area contributed by atoms with E-state index in [1.54, 1.807) is 11.3 Å². The second kappa shape index (κ2) is 2.67. The van der Waals surface area contributed by atoms with Gasteiger partial charge in [-0.05, 0) is 29.0 Å². The van der Waals surface area contributed by atoms with Crippen LogP contribution in [0.15, 0.2) is 29.6 Å². The number of fused-ring (bicyclic) bond motifs is 1. The summed E-state index contributed by atoms with van der Waals surface area (Å²) in [6, 6.07) is 8.61. The zero-order valence-electron chi connectivity index (χ0n) is 6.37. The number of hydrogen-bond donors (Lipinski definition) is 0. The molecule has 1 heteroatoms. The van der Waals surface area contributed by atoms with Crippen LogP contribution in [0, 0.1) is 6.42 Å². The lowest BCUT2D eigenvalue weighted by molar-refractivity contribution is 1.47. The second-order valence-electron chi connectivity index (χ2n) is 2.47. The molecule has 0 saturated heterocycles.